The minimum Gasteiger partial charge on any atom is -0.356 e. The van der Waals surface area contributed by atoms with Gasteiger partial charge < -0.3 is 10.2 Å². The first kappa shape index (κ1) is 17.0. The van der Waals surface area contributed by atoms with Gasteiger partial charge in [0.1, 0.15) is 17.3 Å². The lowest BCUT2D eigenvalue weighted by Crippen LogP contribution is -2.44. The molecule has 0 spiro atoms. The lowest BCUT2D eigenvalue weighted by molar-refractivity contribution is -0.176. The lowest BCUT2D eigenvalue weighted by Gasteiger charge is -2.36. The van der Waals surface area contributed by atoms with Crippen molar-refractivity contribution in [1.82, 2.24) is 15.3 Å². The van der Waals surface area contributed by atoms with Gasteiger partial charge in [-0.2, -0.15) is 13.2 Å². The zero-order valence-corrected chi connectivity index (χ0v) is 13.8. The maximum atomic E-state index is 13.1. The van der Waals surface area contributed by atoms with Crippen molar-refractivity contribution in [3.63, 3.8) is 0 Å². The molecule has 0 radical (unpaired) electrons. The van der Waals surface area contributed by atoms with E-state index in [0.717, 1.165) is 0 Å². The summed E-state index contributed by atoms with van der Waals surface area (Å²) in [5.41, 5.74) is 0.982. The molecular weight excluding hydrogens is 321 g/mol. The van der Waals surface area contributed by atoms with E-state index >= 15 is 0 Å². The fourth-order valence-corrected chi connectivity index (χ4v) is 3.25. The van der Waals surface area contributed by atoms with Crippen molar-refractivity contribution in [1.29, 1.82) is 0 Å². The Labute approximate surface area is 138 Å². The monoisotopic (exact) mass is 342 g/mol. The third-order valence-electron chi connectivity index (χ3n) is 4.58. The normalized spacial score (nSPS) is 21.7. The number of amides is 1. The molecule has 0 aliphatic carbocycles. The summed E-state index contributed by atoms with van der Waals surface area (Å²) in [5, 5.41) is 2.74. The van der Waals surface area contributed by atoms with Crippen LogP contribution in [0.4, 0.5) is 19.0 Å². The van der Waals surface area contributed by atoms with Gasteiger partial charge in [0.05, 0.1) is 5.92 Å². The van der Waals surface area contributed by atoms with Gasteiger partial charge in [0.15, 0.2) is 0 Å². The first-order valence-corrected chi connectivity index (χ1v) is 8.28. The standard InChI is InChI=1S/C16H21F3N4O/c1-9(2)13-21-12-11(5-6-20-15(12)24)14(22-13)23-7-3-4-10(8-23)16(17,18)19/h9-10H,3-8H2,1-2H3,(H,20,24). The fourth-order valence-electron chi connectivity index (χ4n) is 3.25. The second-order valence-electron chi connectivity index (χ2n) is 6.72. The van der Waals surface area contributed by atoms with Crippen molar-refractivity contribution >= 4 is 11.7 Å². The van der Waals surface area contributed by atoms with E-state index in [4.69, 9.17) is 0 Å². The highest BCUT2D eigenvalue weighted by Crippen LogP contribution is 2.36. The lowest BCUT2D eigenvalue weighted by atomic mass is 9.96. The average Bonchev–Trinajstić information content (AvgIpc) is 2.53. The summed E-state index contributed by atoms with van der Waals surface area (Å²) in [6.45, 7) is 4.68. The Hall–Kier alpha value is -1.86. The van der Waals surface area contributed by atoms with Gasteiger partial charge in [-0.05, 0) is 19.3 Å². The van der Waals surface area contributed by atoms with Gasteiger partial charge in [-0.25, -0.2) is 9.97 Å². The number of nitrogens with zero attached hydrogens (tertiary/aromatic N) is 3. The molecule has 1 aromatic rings. The number of anilines is 1. The number of hydrogen-bond donors (Lipinski definition) is 1. The van der Waals surface area contributed by atoms with Crippen LogP contribution in [0.1, 0.15) is 54.5 Å². The van der Waals surface area contributed by atoms with Crippen molar-refractivity contribution in [2.45, 2.75) is 45.2 Å². The Bertz CT molecular complexity index is 645. The molecule has 0 saturated carbocycles. The molecule has 2 aliphatic rings. The molecule has 3 rings (SSSR count). The molecule has 1 N–H and O–H groups in total. The summed E-state index contributed by atoms with van der Waals surface area (Å²) in [6.07, 6.45) is -3.05. The zero-order chi connectivity index (χ0) is 17.5. The van der Waals surface area contributed by atoms with Gasteiger partial charge in [-0.1, -0.05) is 13.8 Å². The van der Waals surface area contributed by atoms with Crippen LogP contribution in [0, 0.1) is 5.92 Å². The van der Waals surface area contributed by atoms with Gasteiger partial charge >= 0.3 is 6.18 Å². The van der Waals surface area contributed by atoms with E-state index in [-0.39, 0.29) is 24.8 Å². The second-order valence-corrected chi connectivity index (χ2v) is 6.72. The molecule has 3 heterocycles. The summed E-state index contributed by atoms with van der Waals surface area (Å²) in [7, 11) is 0. The smallest absolute Gasteiger partial charge is 0.356 e. The molecule has 1 atom stereocenters. The van der Waals surface area contributed by atoms with Gasteiger partial charge in [0.2, 0.25) is 0 Å². The van der Waals surface area contributed by atoms with Crippen molar-refractivity contribution in [2.75, 3.05) is 24.5 Å². The van der Waals surface area contributed by atoms with Crippen LogP contribution in [0.3, 0.4) is 0 Å². The Kier molecular flexibility index (Phi) is 4.40. The molecule has 132 valence electrons. The number of halogens is 3. The number of rotatable bonds is 2. The molecule has 1 saturated heterocycles. The van der Waals surface area contributed by atoms with Crippen LogP contribution in [-0.2, 0) is 6.42 Å². The van der Waals surface area contributed by atoms with Crippen LogP contribution in [0.5, 0.6) is 0 Å². The Morgan fingerprint density at radius 3 is 2.71 bits per heavy atom. The second kappa shape index (κ2) is 6.22. The molecule has 1 unspecified atom stereocenters. The van der Waals surface area contributed by atoms with Gasteiger partial charge in [0, 0.05) is 31.1 Å². The van der Waals surface area contributed by atoms with Gasteiger partial charge in [-0.3, -0.25) is 4.79 Å². The van der Waals surface area contributed by atoms with Crippen LogP contribution in [0.25, 0.3) is 0 Å². The van der Waals surface area contributed by atoms with E-state index in [2.05, 4.69) is 15.3 Å². The molecule has 1 amide bonds. The van der Waals surface area contributed by atoms with Crippen LogP contribution in [0.15, 0.2) is 0 Å². The quantitative estimate of drug-likeness (QED) is 0.898. The number of nitrogens with one attached hydrogen (secondary N) is 1. The number of piperidine rings is 1. The number of carbonyl (C=O) groups excluding carboxylic acids is 1. The Balaban J connectivity index is 2.01. The summed E-state index contributed by atoms with van der Waals surface area (Å²) in [4.78, 5) is 22.7. The molecule has 1 fully saturated rings. The highest BCUT2D eigenvalue weighted by atomic mass is 19.4. The third-order valence-corrected chi connectivity index (χ3v) is 4.58. The third kappa shape index (κ3) is 3.18. The highest BCUT2D eigenvalue weighted by molar-refractivity contribution is 5.96. The molecule has 5 nitrogen and oxygen atoms in total. The zero-order valence-electron chi connectivity index (χ0n) is 13.8. The average molecular weight is 342 g/mol. The summed E-state index contributed by atoms with van der Waals surface area (Å²) in [6, 6.07) is 0. The Morgan fingerprint density at radius 2 is 2.04 bits per heavy atom. The van der Waals surface area contributed by atoms with Gasteiger partial charge in [-0.15, -0.1) is 0 Å². The van der Waals surface area contributed by atoms with E-state index in [1.54, 1.807) is 4.90 Å². The molecule has 1 aromatic heterocycles. The number of alkyl halides is 3. The molecule has 0 aromatic carbocycles. The van der Waals surface area contributed by atoms with E-state index < -0.39 is 12.1 Å². The maximum Gasteiger partial charge on any atom is 0.393 e. The summed E-state index contributed by atoms with van der Waals surface area (Å²) >= 11 is 0. The van der Waals surface area contributed by atoms with Crippen molar-refractivity contribution in [3.8, 4) is 0 Å². The molecular formula is C16H21F3N4O. The van der Waals surface area contributed by atoms with Gasteiger partial charge in [0.25, 0.3) is 5.91 Å². The number of fused-ring (bicyclic) bond motifs is 1. The van der Waals surface area contributed by atoms with E-state index in [1.165, 1.54) is 0 Å². The Morgan fingerprint density at radius 1 is 1.29 bits per heavy atom. The van der Waals surface area contributed by atoms with Crippen molar-refractivity contribution < 1.29 is 18.0 Å². The predicted octanol–water partition coefficient (Wildman–Crippen LogP) is 2.66. The predicted molar refractivity (Wildman–Crippen MR) is 83.2 cm³/mol. The SMILES string of the molecule is CC(C)c1nc2c(c(N3CCCC(C(F)(F)F)C3)n1)CCNC2=O. The van der Waals surface area contributed by atoms with Crippen LogP contribution in [0.2, 0.25) is 0 Å². The summed E-state index contributed by atoms with van der Waals surface area (Å²) in [5.74, 6) is -0.627. The van der Waals surface area contributed by atoms with Crippen molar-refractivity contribution in [3.05, 3.63) is 17.1 Å². The largest absolute Gasteiger partial charge is 0.393 e. The summed E-state index contributed by atoms with van der Waals surface area (Å²) < 4.78 is 39.3. The number of aromatic nitrogens is 2. The molecule has 24 heavy (non-hydrogen) atoms. The van der Waals surface area contributed by atoms with Crippen LogP contribution < -0.4 is 10.2 Å². The minimum atomic E-state index is -4.20. The van der Waals surface area contributed by atoms with E-state index in [1.807, 2.05) is 13.8 Å². The topological polar surface area (TPSA) is 58.1 Å². The molecule has 0 bridgehead atoms. The van der Waals surface area contributed by atoms with Crippen molar-refractivity contribution in [2.24, 2.45) is 5.92 Å². The first-order valence-electron chi connectivity index (χ1n) is 8.28. The number of hydrogen-bond acceptors (Lipinski definition) is 4. The van der Waals surface area contributed by atoms with E-state index in [0.29, 0.717) is 48.8 Å². The molecule has 2 aliphatic heterocycles. The fraction of sp³-hybridized carbons (Fsp3) is 0.688. The number of carbonyl (C=O) groups is 1. The van der Waals surface area contributed by atoms with Crippen LogP contribution >= 0.6 is 0 Å². The highest BCUT2D eigenvalue weighted by Gasteiger charge is 2.42. The maximum absolute atomic E-state index is 13.1. The van der Waals surface area contributed by atoms with E-state index in [9.17, 15) is 18.0 Å². The van der Waals surface area contributed by atoms with Crippen LogP contribution in [-0.4, -0.2) is 41.7 Å². The molecule has 8 heteroatoms. The minimum absolute atomic E-state index is 0.00743. The first-order chi connectivity index (χ1) is 11.3.